The van der Waals surface area contributed by atoms with Gasteiger partial charge in [0.25, 0.3) is 0 Å². The number of pyridine rings is 2. The first-order chi connectivity index (χ1) is 8.16. The minimum atomic E-state index is -1.04. The summed E-state index contributed by atoms with van der Waals surface area (Å²) < 4.78 is 5.46. The first-order valence-corrected chi connectivity index (χ1v) is 4.94. The van der Waals surface area contributed by atoms with E-state index in [0.29, 0.717) is 11.6 Å². The van der Waals surface area contributed by atoms with Crippen LogP contribution in [0.25, 0.3) is 0 Å². The Morgan fingerprint density at radius 1 is 1.41 bits per heavy atom. The second kappa shape index (κ2) is 4.61. The van der Waals surface area contributed by atoms with Gasteiger partial charge in [0.15, 0.2) is 0 Å². The van der Waals surface area contributed by atoms with E-state index in [1.54, 1.807) is 12.3 Å². The molecule has 0 aromatic carbocycles. The van der Waals surface area contributed by atoms with Gasteiger partial charge in [0.2, 0.25) is 5.88 Å². The molecule has 0 amide bonds. The van der Waals surface area contributed by atoms with Crippen LogP contribution in [-0.2, 0) is 0 Å². The molecule has 0 radical (unpaired) electrons. The first-order valence-electron chi connectivity index (χ1n) is 4.94. The van der Waals surface area contributed by atoms with E-state index in [4.69, 9.17) is 9.84 Å². The van der Waals surface area contributed by atoms with Crippen molar-refractivity contribution in [2.75, 3.05) is 0 Å². The molecule has 0 saturated heterocycles. The minimum absolute atomic E-state index is 0.0797. The maximum Gasteiger partial charge on any atom is 0.337 e. The lowest BCUT2D eigenvalue weighted by Gasteiger charge is -2.06. The second-order valence-electron chi connectivity index (χ2n) is 3.44. The van der Waals surface area contributed by atoms with Gasteiger partial charge in [-0.15, -0.1) is 0 Å². The van der Waals surface area contributed by atoms with Crippen molar-refractivity contribution in [2.24, 2.45) is 0 Å². The third kappa shape index (κ3) is 2.57. The molecular formula is C12H10N2O3. The summed E-state index contributed by atoms with van der Waals surface area (Å²) in [5.74, 6) is -0.246. The average molecular weight is 230 g/mol. The van der Waals surface area contributed by atoms with Crippen LogP contribution in [0.1, 0.15) is 15.9 Å². The van der Waals surface area contributed by atoms with Gasteiger partial charge in [-0.1, -0.05) is 6.07 Å². The number of carbonyl (C=O) groups is 1. The smallest absolute Gasteiger partial charge is 0.337 e. The number of hydrogen-bond donors (Lipinski definition) is 1. The summed E-state index contributed by atoms with van der Waals surface area (Å²) in [7, 11) is 0. The van der Waals surface area contributed by atoms with E-state index in [-0.39, 0.29) is 5.56 Å². The van der Waals surface area contributed by atoms with Crippen LogP contribution in [0.5, 0.6) is 11.6 Å². The molecule has 0 bridgehead atoms. The lowest BCUT2D eigenvalue weighted by atomic mass is 10.3. The Morgan fingerprint density at radius 2 is 2.24 bits per heavy atom. The molecule has 0 saturated carbocycles. The van der Waals surface area contributed by atoms with E-state index in [9.17, 15) is 4.79 Å². The number of aromatic nitrogens is 2. The van der Waals surface area contributed by atoms with E-state index < -0.39 is 5.97 Å². The fraction of sp³-hybridized carbons (Fsp3) is 0.0833. The van der Waals surface area contributed by atoms with E-state index in [1.807, 2.05) is 13.0 Å². The highest BCUT2D eigenvalue weighted by atomic mass is 16.5. The van der Waals surface area contributed by atoms with Crippen LogP contribution in [0.2, 0.25) is 0 Å². The fourth-order valence-corrected chi connectivity index (χ4v) is 1.28. The van der Waals surface area contributed by atoms with Crippen molar-refractivity contribution < 1.29 is 14.6 Å². The summed E-state index contributed by atoms with van der Waals surface area (Å²) in [5.41, 5.74) is 0.948. The monoisotopic (exact) mass is 230 g/mol. The first kappa shape index (κ1) is 11.1. The van der Waals surface area contributed by atoms with Crippen LogP contribution in [0.15, 0.2) is 36.8 Å². The zero-order valence-corrected chi connectivity index (χ0v) is 9.12. The molecule has 0 atom stereocenters. The SMILES string of the molecule is Cc1cccnc1Oc1cncc(C(=O)O)c1. The van der Waals surface area contributed by atoms with E-state index >= 15 is 0 Å². The van der Waals surface area contributed by atoms with Gasteiger partial charge in [0.05, 0.1) is 11.8 Å². The molecule has 0 aliphatic carbocycles. The molecule has 17 heavy (non-hydrogen) atoms. The Bertz CT molecular complexity index is 555. The van der Waals surface area contributed by atoms with E-state index in [1.165, 1.54) is 18.5 Å². The number of carboxylic acid groups (broad SMARTS) is 1. The van der Waals surface area contributed by atoms with Gasteiger partial charge in [-0.05, 0) is 19.1 Å². The van der Waals surface area contributed by atoms with E-state index in [2.05, 4.69) is 9.97 Å². The van der Waals surface area contributed by atoms with Crippen molar-refractivity contribution >= 4 is 5.97 Å². The molecule has 86 valence electrons. The van der Waals surface area contributed by atoms with Gasteiger partial charge in [-0.2, -0.15) is 0 Å². The standard InChI is InChI=1S/C12H10N2O3/c1-8-3-2-4-14-11(8)17-10-5-9(12(15)16)6-13-7-10/h2-7H,1H3,(H,15,16). The molecule has 0 unspecified atom stereocenters. The van der Waals surface area contributed by atoms with E-state index in [0.717, 1.165) is 5.56 Å². The molecule has 0 aliphatic rings. The molecule has 1 N–H and O–H groups in total. The number of rotatable bonds is 3. The van der Waals surface area contributed by atoms with Gasteiger partial charge in [0.1, 0.15) is 5.75 Å². The maximum atomic E-state index is 10.8. The second-order valence-corrected chi connectivity index (χ2v) is 3.44. The van der Waals surface area contributed by atoms with Gasteiger partial charge >= 0.3 is 5.97 Å². The molecule has 5 heteroatoms. The van der Waals surface area contributed by atoms with Gasteiger partial charge in [-0.25, -0.2) is 9.78 Å². The number of carboxylic acids is 1. The summed E-state index contributed by atoms with van der Waals surface area (Å²) in [5, 5.41) is 8.82. The lowest BCUT2D eigenvalue weighted by Crippen LogP contribution is -1.98. The van der Waals surface area contributed by atoms with Crippen LogP contribution in [0, 0.1) is 6.92 Å². The molecule has 0 spiro atoms. The van der Waals surface area contributed by atoms with Crippen molar-refractivity contribution in [3.8, 4) is 11.6 Å². The molecule has 2 heterocycles. The van der Waals surface area contributed by atoms with Gasteiger partial charge in [-0.3, -0.25) is 4.98 Å². The van der Waals surface area contributed by atoms with Gasteiger partial charge < -0.3 is 9.84 Å². The summed E-state index contributed by atoms with van der Waals surface area (Å²) >= 11 is 0. The molecular weight excluding hydrogens is 220 g/mol. The number of aromatic carboxylic acids is 1. The third-order valence-electron chi connectivity index (χ3n) is 2.14. The Labute approximate surface area is 97.7 Å². The lowest BCUT2D eigenvalue weighted by molar-refractivity contribution is 0.0696. The Hall–Kier alpha value is -2.43. The molecule has 0 aliphatic heterocycles. The zero-order valence-electron chi connectivity index (χ0n) is 9.12. The molecule has 5 nitrogen and oxygen atoms in total. The number of aryl methyl sites for hydroxylation is 1. The van der Waals surface area contributed by atoms with Crippen LogP contribution >= 0.6 is 0 Å². The van der Waals surface area contributed by atoms with Crippen molar-refractivity contribution in [1.82, 2.24) is 9.97 Å². The summed E-state index contributed by atoms with van der Waals surface area (Å²) in [6, 6.07) is 5.06. The molecule has 2 rings (SSSR count). The third-order valence-corrected chi connectivity index (χ3v) is 2.14. The molecule has 0 fully saturated rings. The highest BCUT2D eigenvalue weighted by molar-refractivity contribution is 5.87. The van der Waals surface area contributed by atoms with Crippen molar-refractivity contribution in [1.29, 1.82) is 0 Å². The number of nitrogens with zero attached hydrogens (tertiary/aromatic N) is 2. The summed E-state index contributed by atoms with van der Waals surface area (Å²) in [6.07, 6.45) is 4.32. The van der Waals surface area contributed by atoms with Crippen LogP contribution < -0.4 is 4.74 Å². The summed E-state index contributed by atoms with van der Waals surface area (Å²) in [4.78, 5) is 18.6. The van der Waals surface area contributed by atoms with Crippen molar-refractivity contribution in [3.63, 3.8) is 0 Å². The number of ether oxygens (including phenoxy) is 1. The van der Waals surface area contributed by atoms with Gasteiger partial charge in [0, 0.05) is 18.0 Å². The number of hydrogen-bond acceptors (Lipinski definition) is 4. The van der Waals surface area contributed by atoms with Crippen LogP contribution in [0.4, 0.5) is 0 Å². The fourth-order valence-electron chi connectivity index (χ4n) is 1.28. The normalized spacial score (nSPS) is 9.94. The van der Waals surface area contributed by atoms with Crippen molar-refractivity contribution in [3.05, 3.63) is 47.9 Å². The summed E-state index contributed by atoms with van der Waals surface area (Å²) in [6.45, 7) is 1.86. The Kier molecular flexibility index (Phi) is 3.00. The maximum absolute atomic E-state index is 10.8. The quantitative estimate of drug-likeness (QED) is 0.875. The van der Waals surface area contributed by atoms with Crippen LogP contribution in [0.3, 0.4) is 0 Å². The highest BCUT2D eigenvalue weighted by Crippen LogP contribution is 2.21. The average Bonchev–Trinajstić information content (AvgIpc) is 2.32. The Morgan fingerprint density at radius 3 is 2.94 bits per heavy atom. The van der Waals surface area contributed by atoms with Crippen LogP contribution in [-0.4, -0.2) is 21.0 Å². The molecule has 2 aromatic rings. The largest absolute Gasteiger partial charge is 0.478 e. The predicted octanol–water partition coefficient (Wildman–Crippen LogP) is 2.28. The highest BCUT2D eigenvalue weighted by Gasteiger charge is 2.07. The topological polar surface area (TPSA) is 72.3 Å². The minimum Gasteiger partial charge on any atom is -0.478 e. The molecule has 2 aromatic heterocycles. The Balaban J connectivity index is 2.28. The zero-order chi connectivity index (χ0) is 12.3. The predicted molar refractivity (Wildman–Crippen MR) is 60.2 cm³/mol. The van der Waals surface area contributed by atoms with Crippen molar-refractivity contribution in [2.45, 2.75) is 6.92 Å².